The van der Waals surface area contributed by atoms with Gasteiger partial charge in [-0.1, -0.05) is 6.07 Å². The molecule has 3 rings (SSSR count). The van der Waals surface area contributed by atoms with Gasteiger partial charge in [0.2, 0.25) is 0 Å². The van der Waals surface area contributed by atoms with Gasteiger partial charge in [-0.15, -0.1) is 0 Å². The predicted molar refractivity (Wildman–Crippen MR) is 67.1 cm³/mol. The van der Waals surface area contributed by atoms with Crippen molar-refractivity contribution >= 4 is 11.7 Å². The molecule has 0 spiro atoms. The summed E-state index contributed by atoms with van der Waals surface area (Å²) in [6.07, 6.45) is 5.55. The first-order valence-corrected chi connectivity index (χ1v) is 5.90. The van der Waals surface area contributed by atoms with Gasteiger partial charge in [0.1, 0.15) is 17.5 Å². The number of carbonyl (C=O) groups is 1. The van der Waals surface area contributed by atoms with Crippen LogP contribution in [-0.4, -0.2) is 20.7 Å². The fraction of sp³-hybridized carbons (Fsp3) is 0.231. The second-order valence-electron chi connectivity index (χ2n) is 4.54. The molecule has 2 atom stereocenters. The van der Waals surface area contributed by atoms with Crippen LogP contribution in [0, 0.1) is 17.2 Å². The van der Waals surface area contributed by atoms with Crippen LogP contribution in [0.3, 0.4) is 0 Å². The number of hydrogen-bond donors (Lipinski definition) is 1. The SMILES string of the molecule is N#Cc1cnn(C(=O)[C@@H]2C[C@H]2c2cccnc2)c1N. The Morgan fingerprint density at radius 3 is 3.00 bits per heavy atom. The number of aromatic nitrogens is 3. The highest BCUT2D eigenvalue weighted by molar-refractivity contribution is 5.87. The van der Waals surface area contributed by atoms with Crippen molar-refractivity contribution in [3.05, 3.63) is 41.9 Å². The van der Waals surface area contributed by atoms with Gasteiger partial charge in [-0.25, -0.2) is 0 Å². The third-order valence-corrected chi connectivity index (χ3v) is 3.36. The van der Waals surface area contributed by atoms with Crippen LogP contribution >= 0.6 is 0 Å². The van der Waals surface area contributed by atoms with Gasteiger partial charge in [0.05, 0.1) is 6.20 Å². The minimum absolute atomic E-state index is 0.115. The van der Waals surface area contributed by atoms with E-state index in [4.69, 9.17) is 11.0 Å². The molecule has 0 aromatic carbocycles. The molecule has 94 valence electrons. The maximum absolute atomic E-state index is 12.2. The number of hydrogen-bond acceptors (Lipinski definition) is 5. The number of nitrogens with zero attached hydrogens (tertiary/aromatic N) is 4. The zero-order valence-corrected chi connectivity index (χ0v) is 10.0. The lowest BCUT2D eigenvalue weighted by Crippen LogP contribution is -2.17. The zero-order chi connectivity index (χ0) is 13.4. The summed E-state index contributed by atoms with van der Waals surface area (Å²) >= 11 is 0. The molecule has 6 nitrogen and oxygen atoms in total. The fourth-order valence-corrected chi connectivity index (χ4v) is 2.21. The summed E-state index contributed by atoms with van der Waals surface area (Å²) in [6.45, 7) is 0. The number of pyridine rings is 1. The van der Waals surface area contributed by atoms with Crippen molar-refractivity contribution in [2.45, 2.75) is 12.3 Å². The number of nitrogens with two attached hydrogens (primary N) is 1. The Kier molecular flexibility index (Phi) is 2.53. The number of nitrogen functional groups attached to an aromatic ring is 1. The van der Waals surface area contributed by atoms with Crippen LogP contribution in [0.5, 0.6) is 0 Å². The summed E-state index contributed by atoms with van der Waals surface area (Å²) in [5.41, 5.74) is 6.99. The topological polar surface area (TPSA) is 97.6 Å². The molecule has 19 heavy (non-hydrogen) atoms. The third-order valence-electron chi connectivity index (χ3n) is 3.36. The Morgan fingerprint density at radius 1 is 1.53 bits per heavy atom. The van der Waals surface area contributed by atoms with E-state index < -0.39 is 0 Å². The van der Waals surface area contributed by atoms with Crippen LogP contribution in [0.4, 0.5) is 5.82 Å². The molecule has 0 radical (unpaired) electrons. The minimum atomic E-state index is -0.159. The summed E-state index contributed by atoms with van der Waals surface area (Å²) in [4.78, 5) is 16.3. The average Bonchev–Trinajstić information content (AvgIpc) is 3.16. The van der Waals surface area contributed by atoms with Crippen LogP contribution in [0.1, 0.15) is 28.3 Å². The highest BCUT2D eigenvalue weighted by atomic mass is 16.2. The first-order valence-electron chi connectivity index (χ1n) is 5.90. The van der Waals surface area contributed by atoms with E-state index in [2.05, 4.69) is 10.1 Å². The van der Waals surface area contributed by atoms with E-state index in [1.165, 1.54) is 6.20 Å². The summed E-state index contributed by atoms with van der Waals surface area (Å²) in [7, 11) is 0. The average molecular weight is 253 g/mol. The highest BCUT2D eigenvalue weighted by Gasteiger charge is 2.45. The molecule has 2 aromatic heterocycles. The Bertz CT molecular complexity index is 670. The molecule has 0 bridgehead atoms. The van der Waals surface area contributed by atoms with Gasteiger partial charge < -0.3 is 5.73 Å². The molecule has 6 heteroatoms. The van der Waals surface area contributed by atoms with Crippen LogP contribution in [0.25, 0.3) is 0 Å². The first kappa shape index (κ1) is 11.4. The molecule has 1 aliphatic rings. The van der Waals surface area contributed by atoms with Gasteiger partial charge in [-0.2, -0.15) is 15.0 Å². The molecule has 0 unspecified atom stereocenters. The minimum Gasteiger partial charge on any atom is -0.382 e. The Labute approximate surface area is 109 Å². The number of carbonyl (C=O) groups excluding carboxylic acids is 1. The van der Waals surface area contributed by atoms with Crippen molar-refractivity contribution in [3.8, 4) is 6.07 Å². The zero-order valence-electron chi connectivity index (χ0n) is 10.0. The van der Waals surface area contributed by atoms with Crippen LogP contribution in [0.2, 0.25) is 0 Å². The van der Waals surface area contributed by atoms with Crippen molar-refractivity contribution in [1.82, 2.24) is 14.8 Å². The lowest BCUT2D eigenvalue weighted by Gasteiger charge is -2.02. The Balaban J connectivity index is 1.80. The Hall–Kier alpha value is -2.68. The molecule has 0 saturated heterocycles. The second-order valence-corrected chi connectivity index (χ2v) is 4.54. The van der Waals surface area contributed by atoms with Crippen LogP contribution in [-0.2, 0) is 0 Å². The van der Waals surface area contributed by atoms with E-state index in [1.807, 2.05) is 18.2 Å². The van der Waals surface area contributed by atoms with Gasteiger partial charge in [-0.05, 0) is 24.0 Å². The summed E-state index contributed by atoms with van der Waals surface area (Å²) in [6, 6.07) is 5.71. The summed E-state index contributed by atoms with van der Waals surface area (Å²) in [5.74, 6) is 0.00506. The second kappa shape index (κ2) is 4.21. The Morgan fingerprint density at radius 2 is 2.37 bits per heavy atom. The van der Waals surface area contributed by atoms with Crippen molar-refractivity contribution < 1.29 is 4.79 Å². The van der Waals surface area contributed by atoms with Gasteiger partial charge in [0.25, 0.3) is 5.91 Å². The normalized spacial score (nSPS) is 20.8. The van der Waals surface area contributed by atoms with Gasteiger partial charge in [0.15, 0.2) is 0 Å². The fourth-order valence-electron chi connectivity index (χ4n) is 2.21. The maximum Gasteiger partial charge on any atom is 0.252 e. The van der Waals surface area contributed by atoms with Crippen molar-refractivity contribution in [2.24, 2.45) is 5.92 Å². The molecule has 1 saturated carbocycles. The molecule has 0 amide bonds. The smallest absolute Gasteiger partial charge is 0.252 e. The van der Waals surface area contributed by atoms with Crippen molar-refractivity contribution in [1.29, 1.82) is 5.26 Å². The number of nitriles is 1. The van der Waals surface area contributed by atoms with Crippen molar-refractivity contribution in [2.75, 3.05) is 5.73 Å². The monoisotopic (exact) mass is 253 g/mol. The molecule has 2 aromatic rings. The van der Waals surface area contributed by atoms with E-state index in [1.54, 1.807) is 12.4 Å². The van der Waals surface area contributed by atoms with Gasteiger partial charge >= 0.3 is 0 Å². The quantitative estimate of drug-likeness (QED) is 0.866. The molecular formula is C13H11N5O. The van der Waals surface area contributed by atoms with Crippen LogP contribution in [0.15, 0.2) is 30.7 Å². The lowest BCUT2D eigenvalue weighted by atomic mass is 10.1. The van der Waals surface area contributed by atoms with E-state index in [0.717, 1.165) is 16.7 Å². The van der Waals surface area contributed by atoms with E-state index in [0.29, 0.717) is 0 Å². The van der Waals surface area contributed by atoms with E-state index in [-0.39, 0.29) is 29.1 Å². The molecule has 1 fully saturated rings. The van der Waals surface area contributed by atoms with Gasteiger partial charge in [0, 0.05) is 18.3 Å². The molecule has 2 N–H and O–H groups in total. The molecular weight excluding hydrogens is 242 g/mol. The first-order chi connectivity index (χ1) is 9.22. The van der Waals surface area contributed by atoms with Crippen LogP contribution < -0.4 is 5.73 Å². The maximum atomic E-state index is 12.2. The molecule has 1 aliphatic carbocycles. The van der Waals surface area contributed by atoms with Gasteiger partial charge in [-0.3, -0.25) is 9.78 Å². The standard InChI is InChI=1S/C13H11N5O/c14-5-9-7-17-18(12(9)15)13(19)11-4-10(11)8-2-1-3-16-6-8/h1-3,6-7,10-11H,4,15H2/t10-,11+/m0/s1. The van der Waals surface area contributed by atoms with Crippen molar-refractivity contribution in [3.63, 3.8) is 0 Å². The summed E-state index contributed by atoms with van der Waals surface area (Å²) < 4.78 is 1.12. The number of rotatable bonds is 2. The molecule has 0 aliphatic heterocycles. The largest absolute Gasteiger partial charge is 0.382 e. The lowest BCUT2D eigenvalue weighted by molar-refractivity contribution is 0.0870. The predicted octanol–water partition coefficient (Wildman–Crippen LogP) is 1.18. The number of anilines is 1. The molecule has 2 heterocycles. The summed E-state index contributed by atoms with van der Waals surface area (Å²) in [5, 5.41) is 12.7. The van der Waals surface area contributed by atoms with E-state index >= 15 is 0 Å². The third kappa shape index (κ3) is 1.85. The highest BCUT2D eigenvalue weighted by Crippen LogP contribution is 2.48. The van der Waals surface area contributed by atoms with E-state index in [9.17, 15) is 4.79 Å².